The average Bonchev–Trinajstić information content (AvgIpc) is 2.03. The summed E-state index contributed by atoms with van der Waals surface area (Å²) in [4.78, 5) is 11.5. The molecule has 0 atom stereocenters. The van der Waals surface area contributed by atoms with Crippen LogP contribution in [0.1, 0.15) is 0 Å². The molecule has 0 amide bonds. The van der Waals surface area contributed by atoms with E-state index >= 15 is 0 Å². The fourth-order valence-electron chi connectivity index (χ4n) is 0.497. The molecule has 0 spiro atoms. The van der Waals surface area contributed by atoms with Gasteiger partial charge in [0.15, 0.2) is 0 Å². The maximum Gasteiger partial charge on any atom is 0.323 e. The summed E-state index contributed by atoms with van der Waals surface area (Å²) in [5.41, 5.74) is 0. The van der Waals surface area contributed by atoms with Gasteiger partial charge in [0.25, 0.3) is 0 Å². The van der Waals surface area contributed by atoms with Crippen LogP contribution in [0.3, 0.4) is 0 Å². The molecule has 6 heteroatoms. The van der Waals surface area contributed by atoms with Gasteiger partial charge >= 0.3 is 12.0 Å². The SMILES string of the molecule is COc1nc(I)nc(OC)n1. The number of halogens is 1. The summed E-state index contributed by atoms with van der Waals surface area (Å²) < 4.78 is 10.1. The number of hydrogen-bond acceptors (Lipinski definition) is 5. The van der Waals surface area contributed by atoms with E-state index in [4.69, 9.17) is 9.47 Å². The highest BCUT2D eigenvalue weighted by atomic mass is 127. The highest BCUT2D eigenvalue weighted by Crippen LogP contribution is 2.09. The molecule has 1 rings (SSSR count). The van der Waals surface area contributed by atoms with Gasteiger partial charge in [-0.25, -0.2) is 0 Å². The molecule has 11 heavy (non-hydrogen) atoms. The fraction of sp³-hybridized carbons (Fsp3) is 0.400. The fourth-order valence-corrected chi connectivity index (χ4v) is 0.910. The van der Waals surface area contributed by atoms with Crippen molar-refractivity contribution in [3.05, 3.63) is 3.83 Å². The van der Waals surface area contributed by atoms with E-state index in [0.717, 1.165) is 0 Å². The van der Waals surface area contributed by atoms with E-state index in [9.17, 15) is 0 Å². The number of aromatic nitrogens is 3. The lowest BCUT2D eigenvalue weighted by molar-refractivity contribution is 0.337. The molecule has 0 unspecified atom stereocenters. The lowest BCUT2D eigenvalue weighted by Crippen LogP contribution is -2.00. The van der Waals surface area contributed by atoms with E-state index in [-0.39, 0.29) is 12.0 Å². The lowest BCUT2D eigenvalue weighted by atomic mass is 11.0. The van der Waals surface area contributed by atoms with Gasteiger partial charge in [-0.3, -0.25) is 0 Å². The monoisotopic (exact) mass is 267 g/mol. The summed E-state index contributed by atoms with van der Waals surface area (Å²) in [6.07, 6.45) is 0. The second kappa shape index (κ2) is 3.65. The summed E-state index contributed by atoms with van der Waals surface area (Å²) in [5.74, 6) is 0. The maximum absolute atomic E-state index is 4.79. The van der Waals surface area contributed by atoms with Gasteiger partial charge in [-0.15, -0.1) is 4.98 Å². The Kier molecular flexibility index (Phi) is 2.80. The van der Waals surface area contributed by atoms with Crippen LogP contribution in [0.4, 0.5) is 0 Å². The summed E-state index contributed by atoms with van der Waals surface area (Å²) >= 11 is 1.96. The van der Waals surface area contributed by atoms with Gasteiger partial charge < -0.3 is 9.47 Å². The van der Waals surface area contributed by atoms with Crippen molar-refractivity contribution in [1.29, 1.82) is 0 Å². The third kappa shape index (κ3) is 2.14. The molecule has 0 saturated heterocycles. The smallest absolute Gasteiger partial charge is 0.323 e. The number of hydrogen-bond donors (Lipinski definition) is 0. The van der Waals surface area contributed by atoms with Gasteiger partial charge in [0, 0.05) is 22.6 Å². The molecule has 0 aliphatic heterocycles. The van der Waals surface area contributed by atoms with E-state index < -0.39 is 0 Å². The molecule has 0 N–H and O–H groups in total. The van der Waals surface area contributed by atoms with Crippen molar-refractivity contribution in [3.63, 3.8) is 0 Å². The summed E-state index contributed by atoms with van der Waals surface area (Å²) in [6.45, 7) is 0. The Bertz CT molecular complexity index is 233. The van der Waals surface area contributed by atoms with Crippen molar-refractivity contribution in [2.75, 3.05) is 14.2 Å². The van der Waals surface area contributed by atoms with Crippen LogP contribution in [-0.2, 0) is 0 Å². The van der Waals surface area contributed by atoms with Crippen LogP contribution in [0.25, 0.3) is 0 Å². The van der Waals surface area contributed by atoms with Gasteiger partial charge in [-0.05, 0) is 0 Å². The Labute approximate surface area is 77.3 Å². The predicted octanol–water partition coefficient (Wildman–Crippen LogP) is 0.493. The second-order valence-electron chi connectivity index (χ2n) is 1.58. The molecule has 1 aromatic rings. The van der Waals surface area contributed by atoms with Gasteiger partial charge in [0.1, 0.15) is 0 Å². The van der Waals surface area contributed by atoms with Crippen LogP contribution in [0, 0.1) is 3.83 Å². The molecule has 0 aliphatic rings. The molecule has 60 valence electrons. The van der Waals surface area contributed by atoms with E-state index in [2.05, 4.69) is 15.0 Å². The molecule has 1 heterocycles. The minimum absolute atomic E-state index is 0.265. The Hall–Kier alpha value is -0.660. The molecule has 0 aromatic carbocycles. The molecule has 0 bridgehead atoms. The van der Waals surface area contributed by atoms with Gasteiger partial charge in [-0.2, -0.15) is 9.97 Å². The topological polar surface area (TPSA) is 57.1 Å². The van der Waals surface area contributed by atoms with Gasteiger partial charge in [0.05, 0.1) is 14.2 Å². The zero-order valence-corrected chi connectivity index (χ0v) is 8.19. The Balaban J connectivity index is 3.02. The molecular formula is C5H6IN3O2. The predicted molar refractivity (Wildman–Crippen MR) is 45.6 cm³/mol. The van der Waals surface area contributed by atoms with Gasteiger partial charge in [-0.1, -0.05) is 0 Å². The van der Waals surface area contributed by atoms with Crippen molar-refractivity contribution in [2.24, 2.45) is 0 Å². The van der Waals surface area contributed by atoms with Crippen molar-refractivity contribution in [1.82, 2.24) is 15.0 Å². The first kappa shape index (κ1) is 8.44. The van der Waals surface area contributed by atoms with E-state index in [1.807, 2.05) is 22.6 Å². The van der Waals surface area contributed by atoms with Crippen LogP contribution in [0.5, 0.6) is 12.0 Å². The Morgan fingerprint density at radius 3 is 1.82 bits per heavy atom. The summed E-state index contributed by atoms with van der Waals surface area (Å²) in [5, 5.41) is 0. The third-order valence-corrected chi connectivity index (χ3v) is 1.41. The number of methoxy groups -OCH3 is 2. The van der Waals surface area contributed by atoms with E-state index in [1.54, 1.807) is 0 Å². The highest BCUT2D eigenvalue weighted by Gasteiger charge is 2.02. The summed E-state index contributed by atoms with van der Waals surface area (Å²) in [6, 6.07) is 0.530. The standard InChI is InChI=1S/C5H6IN3O2/c1-10-4-7-3(6)8-5(9-4)11-2/h1-2H3. The van der Waals surface area contributed by atoms with E-state index in [0.29, 0.717) is 3.83 Å². The molecule has 0 radical (unpaired) electrons. The minimum Gasteiger partial charge on any atom is -0.467 e. The molecule has 1 aromatic heterocycles. The number of rotatable bonds is 2. The van der Waals surface area contributed by atoms with Crippen LogP contribution in [0.2, 0.25) is 0 Å². The van der Waals surface area contributed by atoms with Crippen LogP contribution in [0.15, 0.2) is 0 Å². The molecule has 0 saturated carbocycles. The summed E-state index contributed by atoms with van der Waals surface area (Å²) in [7, 11) is 2.98. The first-order valence-corrected chi connectivity index (χ1v) is 3.83. The van der Waals surface area contributed by atoms with E-state index in [1.165, 1.54) is 14.2 Å². The first-order valence-electron chi connectivity index (χ1n) is 2.76. The van der Waals surface area contributed by atoms with Gasteiger partial charge in [0.2, 0.25) is 3.83 Å². The zero-order valence-electron chi connectivity index (χ0n) is 6.04. The number of nitrogens with zero attached hydrogens (tertiary/aromatic N) is 3. The second-order valence-corrected chi connectivity index (χ2v) is 2.54. The maximum atomic E-state index is 4.79. The van der Waals surface area contributed by atoms with Crippen molar-refractivity contribution >= 4 is 22.6 Å². The van der Waals surface area contributed by atoms with Crippen LogP contribution < -0.4 is 9.47 Å². The lowest BCUT2D eigenvalue weighted by Gasteiger charge is -1.99. The van der Waals surface area contributed by atoms with Crippen LogP contribution >= 0.6 is 22.6 Å². The van der Waals surface area contributed by atoms with Crippen molar-refractivity contribution < 1.29 is 9.47 Å². The molecule has 5 nitrogen and oxygen atoms in total. The Morgan fingerprint density at radius 2 is 1.45 bits per heavy atom. The highest BCUT2D eigenvalue weighted by molar-refractivity contribution is 14.1. The Morgan fingerprint density at radius 1 is 1.00 bits per heavy atom. The third-order valence-electron chi connectivity index (χ3n) is 0.932. The molecule has 0 aliphatic carbocycles. The number of ether oxygens (including phenoxy) is 2. The molecular weight excluding hydrogens is 261 g/mol. The van der Waals surface area contributed by atoms with Crippen molar-refractivity contribution in [3.8, 4) is 12.0 Å². The quantitative estimate of drug-likeness (QED) is 0.730. The normalized spacial score (nSPS) is 9.36. The minimum atomic E-state index is 0.265. The van der Waals surface area contributed by atoms with Crippen LogP contribution in [-0.4, -0.2) is 29.2 Å². The largest absolute Gasteiger partial charge is 0.467 e. The molecule has 0 fully saturated rings. The van der Waals surface area contributed by atoms with Crippen molar-refractivity contribution in [2.45, 2.75) is 0 Å². The average molecular weight is 267 g/mol. The zero-order chi connectivity index (χ0) is 8.27. The first-order chi connectivity index (χ1) is 5.26.